The Labute approximate surface area is 84.5 Å². The van der Waals surface area contributed by atoms with E-state index in [4.69, 9.17) is 0 Å². The number of nitrogens with zero attached hydrogens (tertiary/aromatic N) is 1. The van der Waals surface area contributed by atoms with Crippen LogP contribution in [0.25, 0.3) is 0 Å². The van der Waals surface area contributed by atoms with E-state index in [0.29, 0.717) is 0 Å². The lowest BCUT2D eigenvalue weighted by Gasteiger charge is -2.04. The van der Waals surface area contributed by atoms with E-state index in [1.165, 1.54) is 11.8 Å². The molecule has 0 atom stereocenters. The van der Waals surface area contributed by atoms with Crippen LogP contribution in [0.1, 0.15) is 13.8 Å². The third kappa shape index (κ3) is 6.22. The van der Waals surface area contributed by atoms with Gasteiger partial charge in [-0.05, 0) is 26.2 Å². The molecule has 13 heavy (non-hydrogen) atoms. The number of aliphatic imine (C=N–C) groups is 1. The molecular weight excluding hydrogens is 180 g/mol. The largest absolute Gasteiger partial charge is 0.348 e. The van der Waals surface area contributed by atoms with Crippen molar-refractivity contribution < 1.29 is 0 Å². The number of hydrogen-bond acceptors (Lipinski definition) is 2. The van der Waals surface area contributed by atoms with Gasteiger partial charge in [0.2, 0.25) is 0 Å². The van der Waals surface area contributed by atoms with Gasteiger partial charge in [0.1, 0.15) is 5.84 Å². The maximum Gasteiger partial charge on any atom is 0.104 e. The first-order valence-electron chi connectivity index (χ1n) is 3.94. The second-order valence-corrected chi connectivity index (χ2v) is 3.38. The number of amidine groups is 1. The Hall–Kier alpha value is -0.960. The van der Waals surface area contributed by atoms with Crippen molar-refractivity contribution in [3.05, 3.63) is 36.0 Å². The van der Waals surface area contributed by atoms with Crippen molar-refractivity contribution in [3.8, 4) is 0 Å². The molecular formula is C10H16N2S. The quantitative estimate of drug-likeness (QED) is 0.425. The summed E-state index contributed by atoms with van der Waals surface area (Å²) in [6.07, 6.45) is 5.57. The number of nitrogens with one attached hydrogen (secondary N) is 1. The van der Waals surface area contributed by atoms with Crippen LogP contribution in [0.5, 0.6) is 0 Å². The topological polar surface area (TPSA) is 24.4 Å². The van der Waals surface area contributed by atoms with E-state index in [2.05, 4.69) is 23.5 Å². The van der Waals surface area contributed by atoms with E-state index in [1.807, 2.05) is 26.2 Å². The molecule has 0 aromatic carbocycles. The van der Waals surface area contributed by atoms with Gasteiger partial charge in [-0.15, -0.1) is 11.8 Å². The molecule has 0 spiro atoms. The standard InChI is InChI=1S/C10H16N2S/c1-6-7-8(2)11-9(3)12-10(4)13-5/h6-7H,1,4H2,2-3,5H3,(H,11,12)/b8-7+. The molecule has 0 aliphatic carbocycles. The summed E-state index contributed by atoms with van der Waals surface area (Å²) in [5, 5.41) is 3.91. The normalized spacial score (nSPS) is 12.5. The smallest absolute Gasteiger partial charge is 0.104 e. The van der Waals surface area contributed by atoms with Crippen LogP contribution >= 0.6 is 11.8 Å². The molecule has 0 aliphatic rings. The number of hydrogen-bond donors (Lipinski definition) is 1. The van der Waals surface area contributed by atoms with E-state index in [1.54, 1.807) is 6.08 Å². The minimum absolute atomic E-state index is 0.802. The minimum Gasteiger partial charge on any atom is -0.348 e. The second kappa shape index (κ2) is 6.54. The molecule has 0 aromatic rings. The van der Waals surface area contributed by atoms with Gasteiger partial charge in [0.15, 0.2) is 0 Å². The van der Waals surface area contributed by atoms with Gasteiger partial charge in [-0.1, -0.05) is 19.2 Å². The second-order valence-electron chi connectivity index (χ2n) is 2.51. The van der Waals surface area contributed by atoms with Crippen molar-refractivity contribution in [2.45, 2.75) is 13.8 Å². The first-order valence-corrected chi connectivity index (χ1v) is 5.17. The summed E-state index contributed by atoms with van der Waals surface area (Å²) in [6, 6.07) is 0. The monoisotopic (exact) mass is 196 g/mol. The predicted molar refractivity (Wildman–Crippen MR) is 62.9 cm³/mol. The number of allylic oxidation sites excluding steroid dienone is 3. The highest BCUT2D eigenvalue weighted by atomic mass is 32.2. The molecule has 0 radical (unpaired) electrons. The van der Waals surface area contributed by atoms with Crippen LogP contribution in [0.4, 0.5) is 0 Å². The Bertz CT molecular complexity index is 252. The van der Waals surface area contributed by atoms with Crippen LogP contribution in [0.15, 0.2) is 41.0 Å². The molecule has 0 saturated carbocycles. The lowest BCUT2D eigenvalue weighted by molar-refractivity contribution is 1.10. The number of rotatable bonds is 4. The average Bonchev–Trinajstić information content (AvgIpc) is 2.04. The highest BCUT2D eigenvalue weighted by Gasteiger charge is 1.91. The predicted octanol–water partition coefficient (Wildman–Crippen LogP) is 2.92. The highest BCUT2D eigenvalue weighted by molar-refractivity contribution is 8.02. The van der Waals surface area contributed by atoms with Gasteiger partial charge in [-0.2, -0.15) is 0 Å². The lowest BCUT2D eigenvalue weighted by Crippen LogP contribution is -2.17. The summed E-state index contributed by atoms with van der Waals surface area (Å²) >= 11 is 1.53. The van der Waals surface area contributed by atoms with Crippen molar-refractivity contribution in [2.24, 2.45) is 4.99 Å². The first-order chi connectivity index (χ1) is 6.10. The van der Waals surface area contributed by atoms with Crippen LogP contribution in [0.3, 0.4) is 0 Å². The molecule has 0 bridgehead atoms. The lowest BCUT2D eigenvalue weighted by atomic mass is 10.4. The van der Waals surface area contributed by atoms with Gasteiger partial charge in [-0.25, -0.2) is 4.99 Å². The third-order valence-corrected chi connectivity index (χ3v) is 1.84. The van der Waals surface area contributed by atoms with Crippen LogP contribution in [-0.4, -0.2) is 12.1 Å². The van der Waals surface area contributed by atoms with Crippen LogP contribution in [0, 0.1) is 0 Å². The van der Waals surface area contributed by atoms with E-state index in [9.17, 15) is 0 Å². The van der Waals surface area contributed by atoms with Gasteiger partial charge in [0.05, 0.1) is 5.03 Å². The highest BCUT2D eigenvalue weighted by Crippen LogP contribution is 2.09. The fourth-order valence-corrected chi connectivity index (χ4v) is 0.993. The zero-order valence-corrected chi connectivity index (χ0v) is 9.24. The van der Waals surface area contributed by atoms with Crippen molar-refractivity contribution in [2.75, 3.05) is 6.26 Å². The molecule has 0 aliphatic heterocycles. The van der Waals surface area contributed by atoms with Crippen molar-refractivity contribution in [3.63, 3.8) is 0 Å². The number of thioether (sulfide) groups is 1. The van der Waals surface area contributed by atoms with Gasteiger partial charge >= 0.3 is 0 Å². The maximum atomic E-state index is 4.22. The maximum absolute atomic E-state index is 4.22. The van der Waals surface area contributed by atoms with Crippen molar-refractivity contribution in [1.29, 1.82) is 0 Å². The minimum atomic E-state index is 0.802. The summed E-state index contributed by atoms with van der Waals surface area (Å²) in [4.78, 5) is 4.22. The zero-order chi connectivity index (χ0) is 10.3. The molecule has 1 N–H and O–H groups in total. The van der Waals surface area contributed by atoms with Crippen LogP contribution < -0.4 is 5.32 Å². The van der Waals surface area contributed by atoms with Gasteiger partial charge in [0.25, 0.3) is 0 Å². The molecule has 0 rings (SSSR count). The first kappa shape index (κ1) is 12.0. The van der Waals surface area contributed by atoms with E-state index < -0.39 is 0 Å². The summed E-state index contributed by atoms with van der Waals surface area (Å²) in [5.41, 5.74) is 1.02. The van der Waals surface area contributed by atoms with E-state index >= 15 is 0 Å². The van der Waals surface area contributed by atoms with Gasteiger partial charge in [0, 0.05) is 5.70 Å². The summed E-state index contributed by atoms with van der Waals surface area (Å²) in [7, 11) is 0. The Morgan fingerprint density at radius 2 is 2.08 bits per heavy atom. The Morgan fingerprint density at radius 3 is 2.54 bits per heavy atom. The summed E-state index contributed by atoms with van der Waals surface area (Å²) in [5.74, 6) is 0.843. The molecule has 72 valence electrons. The molecule has 0 saturated heterocycles. The van der Waals surface area contributed by atoms with Gasteiger partial charge < -0.3 is 5.32 Å². The summed E-state index contributed by atoms with van der Waals surface area (Å²) in [6.45, 7) is 11.2. The van der Waals surface area contributed by atoms with Gasteiger partial charge in [-0.3, -0.25) is 0 Å². The fraction of sp³-hybridized carbons (Fsp3) is 0.300. The molecule has 2 nitrogen and oxygen atoms in total. The fourth-order valence-electron chi connectivity index (χ4n) is 0.764. The van der Waals surface area contributed by atoms with Crippen LogP contribution in [0.2, 0.25) is 0 Å². The van der Waals surface area contributed by atoms with Crippen molar-refractivity contribution >= 4 is 17.6 Å². The Kier molecular flexibility index (Phi) is 6.06. The molecule has 0 amide bonds. The molecule has 3 heteroatoms. The average molecular weight is 196 g/mol. The molecule has 0 fully saturated rings. The Morgan fingerprint density at radius 1 is 1.46 bits per heavy atom. The Balaban J connectivity index is 4.21. The van der Waals surface area contributed by atoms with Crippen LogP contribution in [-0.2, 0) is 0 Å². The van der Waals surface area contributed by atoms with Crippen molar-refractivity contribution in [1.82, 2.24) is 5.32 Å². The zero-order valence-electron chi connectivity index (χ0n) is 8.42. The SMILES string of the molecule is C=C/C=C(\C)N/C(C)=N/C(=C)SC. The van der Waals surface area contributed by atoms with E-state index in [0.717, 1.165) is 16.6 Å². The molecule has 0 heterocycles. The summed E-state index contributed by atoms with van der Waals surface area (Å²) < 4.78 is 0. The third-order valence-electron chi connectivity index (χ3n) is 1.27. The van der Waals surface area contributed by atoms with E-state index in [-0.39, 0.29) is 0 Å². The molecule has 0 aromatic heterocycles. The molecule has 0 unspecified atom stereocenters.